The highest BCUT2D eigenvalue weighted by atomic mass is 32.1. The van der Waals surface area contributed by atoms with Gasteiger partial charge in [-0.2, -0.15) is 0 Å². The maximum absolute atomic E-state index is 13.0. The van der Waals surface area contributed by atoms with Crippen LogP contribution in [0.1, 0.15) is 61.2 Å². The summed E-state index contributed by atoms with van der Waals surface area (Å²) in [7, 11) is 0. The summed E-state index contributed by atoms with van der Waals surface area (Å²) < 4.78 is 1.44. The smallest absolute Gasteiger partial charge is 0.262 e. The second-order valence-electron chi connectivity index (χ2n) is 8.70. The molecular weight excluding hydrogens is 394 g/mol. The third-order valence-electron chi connectivity index (χ3n) is 5.76. The van der Waals surface area contributed by atoms with Crippen LogP contribution in [0.5, 0.6) is 0 Å². The second-order valence-corrected chi connectivity index (χ2v) is 9.78. The van der Waals surface area contributed by atoms with Crippen molar-refractivity contribution >= 4 is 27.5 Å². The highest BCUT2D eigenvalue weighted by Gasteiger charge is 2.20. The van der Waals surface area contributed by atoms with Gasteiger partial charge in [0.1, 0.15) is 11.4 Å². The first-order valence-electron chi connectivity index (χ1n) is 10.8. The van der Waals surface area contributed by atoms with E-state index in [4.69, 9.17) is 0 Å². The van der Waals surface area contributed by atoms with Gasteiger partial charge in [-0.1, -0.05) is 38.1 Å². The largest absolute Gasteiger partial charge is 0.348 e. The Kier molecular flexibility index (Phi) is 6.04. The number of amides is 1. The predicted molar refractivity (Wildman–Crippen MR) is 122 cm³/mol. The minimum Gasteiger partial charge on any atom is -0.348 e. The molecule has 5 nitrogen and oxygen atoms in total. The van der Waals surface area contributed by atoms with Gasteiger partial charge in [0.25, 0.3) is 5.56 Å². The molecule has 1 aliphatic carbocycles. The number of nitrogens with one attached hydrogen (secondary N) is 1. The van der Waals surface area contributed by atoms with E-state index in [1.54, 1.807) is 11.3 Å². The monoisotopic (exact) mass is 423 g/mol. The van der Waals surface area contributed by atoms with Crippen molar-refractivity contribution in [2.24, 2.45) is 5.92 Å². The molecule has 0 fully saturated rings. The van der Waals surface area contributed by atoms with E-state index in [1.165, 1.54) is 27.8 Å². The fraction of sp³-hybridized carbons (Fsp3) is 0.458. The molecule has 158 valence electrons. The molecular formula is C24H29N3O2S. The number of carbonyl (C=O) groups excluding carboxylic acids is 1. The summed E-state index contributed by atoms with van der Waals surface area (Å²) in [5.41, 5.74) is 3.42. The third kappa shape index (κ3) is 4.33. The Morgan fingerprint density at radius 3 is 2.63 bits per heavy atom. The van der Waals surface area contributed by atoms with Gasteiger partial charge < -0.3 is 5.32 Å². The predicted octanol–water partition coefficient (Wildman–Crippen LogP) is 4.41. The van der Waals surface area contributed by atoms with Crippen molar-refractivity contribution in [3.63, 3.8) is 0 Å². The van der Waals surface area contributed by atoms with E-state index in [-0.39, 0.29) is 24.1 Å². The molecule has 0 spiro atoms. The van der Waals surface area contributed by atoms with Crippen LogP contribution in [0.15, 0.2) is 35.4 Å². The van der Waals surface area contributed by atoms with Gasteiger partial charge in [-0.25, -0.2) is 4.98 Å². The number of aromatic nitrogens is 2. The number of rotatable bonds is 6. The molecule has 1 atom stereocenters. The molecule has 6 heteroatoms. The van der Waals surface area contributed by atoms with Crippen LogP contribution in [0, 0.1) is 5.92 Å². The Hall–Kier alpha value is -2.47. The molecule has 0 saturated carbocycles. The topological polar surface area (TPSA) is 64.0 Å². The van der Waals surface area contributed by atoms with Crippen LogP contribution in [0.2, 0.25) is 0 Å². The molecule has 2 heterocycles. The zero-order chi connectivity index (χ0) is 21.3. The van der Waals surface area contributed by atoms with Gasteiger partial charge in [0.05, 0.1) is 17.8 Å². The number of benzene rings is 1. The second kappa shape index (κ2) is 8.72. The number of hydrogen-bond acceptors (Lipinski definition) is 4. The van der Waals surface area contributed by atoms with Crippen molar-refractivity contribution in [2.45, 2.75) is 65.5 Å². The lowest BCUT2D eigenvalue weighted by molar-refractivity contribution is -0.122. The summed E-state index contributed by atoms with van der Waals surface area (Å²) in [4.78, 5) is 32.2. The molecule has 0 saturated heterocycles. The van der Waals surface area contributed by atoms with Crippen molar-refractivity contribution in [1.82, 2.24) is 14.9 Å². The van der Waals surface area contributed by atoms with Crippen molar-refractivity contribution in [1.29, 1.82) is 0 Å². The van der Waals surface area contributed by atoms with E-state index in [1.807, 2.05) is 6.92 Å². The van der Waals surface area contributed by atoms with Crippen LogP contribution in [0.4, 0.5) is 0 Å². The van der Waals surface area contributed by atoms with Crippen molar-refractivity contribution in [3.8, 4) is 0 Å². The maximum atomic E-state index is 13.0. The number of nitrogens with zero attached hydrogens (tertiary/aromatic N) is 2. The van der Waals surface area contributed by atoms with Crippen molar-refractivity contribution in [2.75, 3.05) is 0 Å². The van der Waals surface area contributed by atoms with Crippen LogP contribution < -0.4 is 10.9 Å². The summed E-state index contributed by atoms with van der Waals surface area (Å²) >= 11 is 1.63. The van der Waals surface area contributed by atoms with Gasteiger partial charge in [-0.3, -0.25) is 14.2 Å². The molecule has 1 aromatic carbocycles. The lowest BCUT2D eigenvalue weighted by Crippen LogP contribution is -2.34. The maximum Gasteiger partial charge on any atom is 0.262 e. The molecule has 3 aromatic rings. The zero-order valence-corrected chi connectivity index (χ0v) is 18.7. The van der Waals surface area contributed by atoms with E-state index >= 15 is 0 Å². The van der Waals surface area contributed by atoms with E-state index in [0.29, 0.717) is 5.92 Å². The van der Waals surface area contributed by atoms with Crippen LogP contribution in [-0.4, -0.2) is 15.5 Å². The van der Waals surface area contributed by atoms with E-state index in [9.17, 15) is 9.59 Å². The van der Waals surface area contributed by atoms with Gasteiger partial charge in [-0.05, 0) is 61.6 Å². The third-order valence-corrected chi connectivity index (χ3v) is 6.96. The number of carbonyl (C=O) groups is 1. The first kappa shape index (κ1) is 20.8. The normalized spacial score (nSPS) is 14.7. The Morgan fingerprint density at radius 2 is 1.90 bits per heavy atom. The summed E-state index contributed by atoms with van der Waals surface area (Å²) in [5, 5.41) is 3.73. The first-order chi connectivity index (χ1) is 14.4. The molecule has 30 heavy (non-hydrogen) atoms. The Labute approximate surface area is 181 Å². The van der Waals surface area contributed by atoms with Crippen LogP contribution in [0.3, 0.4) is 0 Å². The number of aryl methyl sites for hydroxylation is 2. The average Bonchev–Trinajstić information content (AvgIpc) is 3.09. The SMILES string of the molecule is CC(C)Cc1ccc([C@@H](C)NC(=O)Cn2cnc3sc4c(c3c2=O)CCCC4)cc1. The quantitative estimate of drug-likeness (QED) is 0.639. The molecule has 2 aromatic heterocycles. The van der Waals surface area contributed by atoms with E-state index in [0.717, 1.165) is 47.0 Å². The molecule has 0 unspecified atom stereocenters. The van der Waals surface area contributed by atoms with Gasteiger partial charge in [-0.15, -0.1) is 11.3 Å². The zero-order valence-electron chi connectivity index (χ0n) is 17.9. The summed E-state index contributed by atoms with van der Waals surface area (Å²) in [6, 6.07) is 8.27. The average molecular weight is 424 g/mol. The highest BCUT2D eigenvalue weighted by Crippen LogP contribution is 2.33. The lowest BCUT2D eigenvalue weighted by atomic mass is 9.97. The molecule has 0 radical (unpaired) electrons. The standard InChI is InChI=1S/C24H29N3O2S/c1-15(2)12-17-8-10-18(11-9-17)16(3)26-21(28)13-27-14-25-23-22(24(27)29)19-6-4-5-7-20(19)30-23/h8-11,14-16H,4-7,12-13H2,1-3H3,(H,26,28)/t16-/m1/s1. The van der Waals surface area contributed by atoms with Gasteiger partial charge >= 0.3 is 0 Å². The van der Waals surface area contributed by atoms with Gasteiger partial charge in [0, 0.05) is 4.88 Å². The molecule has 0 aliphatic heterocycles. The molecule has 1 N–H and O–H groups in total. The molecule has 1 aliphatic rings. The summed E-state index contributed by atoms with van der Waals surface area (Å²) in [5.74, 6) is 0.437. The highest BCUT2D eigenvalue weighted by molar-refractivity contribution is 7.18. The Morgan fingerprint density at radius 1 is 1.17 bits per heavy atom. The molecule has 1 amide bonds. The minimum absolute atomic E-state index is 0.0117. The Balaban J connectivity index is 1.46. The fourth-order valence-corrected chi connectivity index (χ4v) is 5.45. The van der Waals surface area contributed by atoms with Crippen molar-refractivity contribution in [3.05, 3.63) is 62.5 Å². The number of fused-ring (bicyclic) bond motifs is 3. The van der Waals surface area contributed by atoms with E-state index < -0.39 is 0 Å². The first-order valence-corrected chi connectivity index (χ1v) is 11.6. The van der Waals surface area contributed by atoms with Crippen LogP contribution in [-0.2, 0) is 30.6 Å². The number of thiophene rings is 1. The summed E-state index contributed by atoms with van der Waals surface area (Å²) in [6.07, 6.45) is 6.81. The van der Waals surface area contributed by atoms with Gasteiger partial charge in [0.15, 0.2) is 0 Å². The fourth-order valence-electron chi connectivity index (χ4n) is 4.23. The van der Waals surface area contributed by atoms with E-state index in [2.05, 4.69) is 48.4 Å². The van der Waals surface area contributed by atoms with Crippen LogP contribution in [0.25, 0.3) is 10.2 Å². The minimum atomic E-state index is -0.180. The molecule has 0 bridgehead atoms. The van der Waals surface area contributed by atoms with Crippen molar-refractivity contribution < 1.29 is 4.79 Å². The Bertz CT molecular complexity index is 1110. The van der Waals surface area contributed by atoms with Crippen LogP contribution >= 0.6 is 11.3 Å². The molecule has 4 rings (SSSR count). The lowest BCUT2D eigenvalue weighted by Gasteiger charge is -2.16. The number of hydrogen-bond donors (Lipinski definition) is 1. The summed E-state index contributed by atoms with van der Waals surface area (Å²) in [6.45, 7) is 6.37. The van der Waals surface area contributed by atoms with Gasteiger partial charge in [0.2, 0.25) is 5.91 Å².